The number of aryl methyl sites for hydroxylation is 1. The normalized spacial score (nSPS) is 12.2. The fraction of sp³-hybridized carbons (Fsp3) is 0.227. The molecule has 0 spiro atoms. The number of carbonyl (C=O) groups is 2. The Hall–Kier alpha value is -2.48. The van der Waals surface area contributed by atoms with Gasteiger partial charge in [-0.05, 0) is 43.5 Å². The quantitative estimate of drug-likeness (QED) is 0.288. The molecule has 30 heavy (non-hydrogen) atoms. The van der Waals surface area contributed by atoms with Gasteiger partial charge in [0.25, 0.3) is 5.91 Å². The largest absolute Gasteiger partial charge is 0.466 e. The highest BCUT2D eigenvalue weighted by Crippen LogP contribution is 2.36. The van der Waals surface area contributed by atoms with Crippen molar-refractivity contribution in [1.29, 1.82) is 0 Å². The minimum absolute atomic E-state index is 0.0788. The number of carbonyl (C=O) groups excluding carboxylic acids is 2. The number of nitrogens with zero attached hydrogens (tertiary/aromatic N) is 1. The summed E-state index contributed by atoms with van der Waals surface area (Å²) >= 11 is 9.25. The van der Waals surface area contributed by atoms with Crippen LogP contribution in [-0.4, -0.2) is 23.5 Å². The lowest BCUT2D eigenvalue weighted by molar-refractivity contribution is -0.143. The average molecular weight is 459 g/mol. The van der Waals surface area contributed by atoms with E-state index in [2.05, 4.69) is 10.3 Å². The van der Waals surface area contributed by atoms with Crippen molar-refractivity contribution in [3.05, 3.63) is 62.2 Å². The number of aromatic nitrogens is 1. The molecule has 0 aliphatic heterocycles. The van der Waals surface area contributed by atoms with Gasteiger partial charge in [0.05, 0.1) is 29.5 Å². The Bertz CT molecular complexity index is 1230. The minimum Gasteiger partial charge on any atom is -0.466 e. The van der Waals surface area contributed by atoms with Gasteiger partial charge in [0.2, 0.25) is 0 Å². The Morgan fingerprint density at radius 1 is 1.23 bits per heavy atom. The van der Waals surface area contributed by atoms with Crippen LogP contribution in [0.4, 0.5) is 0 Å². The highest BCUT2D eigenvalue weighted by molar-refractivity contribution is 7.21. The maximum atomic E-state index is 13.1. The van der Waals surface area contributed by atoms with Gasteiger partial charge >= 0.3 is 5.97 Å². The molecule has 3 heterocycles. The number of halogens is 1. The zero-order valence-electron chi connectivity index (χ0n) is 16.4. The molecule has 0 saturated carbocycles. The molecule has 0 aliphatic carbocycles. The fourth-order valence-corrected chi connectivity index (χ4v) is 5.44. The van der Waals surface area contributed by atoms with Crippen molar-refractivity contribution in [1.82, 2.24) is 10.3 Å². The third kappa shape index (κ3) is 4.19. The van der Waals surface area contributed by atoms with Crippen LogP contribution in [0.15, 0.2) is 41.8 Å². The first-order chi connectivity index (χ1) is 14.5. The van der Waals surface area contributed by atoms with Crippen LogP contribution in [0.3, 0.4) is 0 Å². The first-order valence-electron chi connectivity index (χ1n) is 9.45. The molecule has 4 aromatic rings. The smallest absolute Gasteiger partial charge is 0.308 e. The Kier molecular flexibility index (Phi) is 6.04. The standard InChI is InChI=1S/C22H19ClN2O3S2/c1-3-28-19(26)11-16(17-5-4-8-29-17)25-22(27)18-10-14-20(30-18)13-9-12(2)6-7-15(13)24-21(14)23/h4-10,16H,3,11H2,1-2H3,(H,25,27). The lowest BCUT2D eigenvalue weighted by Gasteiger charge is -2.16. The van der Waals surface area contributed by atoms with E-state index >= 15 is 0 Å². The summed E-state index contributed by atoms with van der Waals surface area (Å²) in [5.41, 5.74) is 1.91. The molecule has 0 saturated heterocycles. The number of amides is 1. The van der Waals surface area contributed by atoms with Crippen LogP contribution < -0.4 is 5.32 Å². The lowest BCUT2D eigenvalue weighted by atomic mass is 10.1. The minimum atomic E-state index is -0.450. The van der Waals surface area contributed by atoms with E-state index in [1.807, 2.05) is 42.6 Å². The van der Waals surface area contributed by atoms with Crippen LogP contribution in [0.2, 0.25) is 5.15 Å². The summed E-state index contributed by atoms with van der Waals surface area (Å²) in [6, 6.07) is 11.1. The van der Waals surface area contributed by atoms with Crippen LogP contribution in [0.1, 0.15) is 39.5 Å². The van der Waals surface area contributed by atoms with E-state index in [0.717, 1.165) is 31.4 Å². The first-order valence-corrected chi connectivity index (χ1v) is 11.5. The van der Waals surface area contributed by atoms with Crippen molar-refractivity contribution >= 4 is 67.1 Å². The Morgan fingerprint density at radius 2 is 2.07 bits per heavy atom. The summed E-state index contributed by atoms with van der Waals surface area (Å²) in [5.74, 6) is -0.600. The average Bonchev–Trinajstić information content (AvgIpc) is 3.39. The second-order valence-electron chi connectivity index (χ2n) is 6.83. The molecule has 3 aromatic heterocycles. The number of nitrogens with one attached hydrogen (secondary N) is 1. The highest BCUT2D eigenvalue weighted by Gasteiger charge is 2.23. The van der Waals surface area contributed by atoms with E-state index in [0.29, 0.717) is 16.6 Å². The highest BCUT2D eigenvalue weighted by atomic mass is 35.5. The summed E-state index contributed by atoms with van der Waals surface area (Å²) in [5, 5.41) is 7.00. The molecule has 0 bridgehead atoms. The first kappa shape index (κ1) is 20.8. The molecule has 1 unspecified atom stereocenters. The number of hydrogen-bond donors (Lipinski definition) is 1. The number of pyridine rings is 1. The van der Waals surface area contributed by atoms with E-state index < -0.39 is 6.04 Å². The molecular formula is C22H19ClN2O3S2. The summed E-state index contributed by atoms with van der Waals surface area (Å²) in [6.45, 7) is 4.08. The number of fused-ring (bicyclic) bond motifs is 3. The molecule has 1 amide bonds. The number of hydrogen-bond acceptors (Lipinski definition) is 6. The van der Waals surface area contributed by atoms with Gasteiger partial charge in [0.15, 0.2) is 0 Å². The van der Waals surface area contributed by atoms with Gasteiger partial charge in [-0.2, -0.15) is 0 Å². The van der Waals surface area contributed by atoms with Crippen molar-refractivity contribution < 1.29 is 14.3 Å². The number of thiophene rings is 2. The van der Waals surface area contributed by atoms with Gasteiger partial charge in [-0.25, -0.2) is 4.98 Å². The second kappa shape index (κ2) is 8.71. The predicted molar refractivity (Wildman–Crippen MR) is 123 cm³/mol. The molecule has 8 heteroatoms. The number of rotatable bonds is 6. The molecule has 1 N–H and O–H groups in total. The fourth-order valence-electron chi connectivity index (χ4n) is 3.28. The van der Waals surface area contributed by atoms with E-state index in [4.69, 9.17) is 16.3 Å². The second-order valence-corrected chi connectivity index (χ2v) is 9.22. The van der Waals surface area contributed by atoms with E-state index in [1.165, 1.54) is 22.7 Å². The van der Waals surface area contributed by atoms with E-state index in [9.17, 15) is 9.59 Å². The van der Waals surface area contributed by atoms with Gasteiger partial charge in [0.1, 0.15) is 5.15 Å². The Labute approximate surface area is 186 Å². The summed E-state index contributed by atoms with van der Waals surface area (Å²) in [4.78, 5) is 31.0. The number of esters is 1. The molecule has 5 nitrogen and oxygen atoms in total. The van der Waals surface area contributed by atoms with Gasteiger partial charge < -0.3 is 10.1 Å². The zero-order chi connectivity index (χ0) is 21.3. The van der Waals surface area contributed by atoms with E-state index in [1.54, 1.807) is 13.0 Å². The van der Waals surface area contributed by atoms with E-state index in [-0.39, 0.29) is 18.3 Å². The molecule has 0 radical (unpaired) electrons. The number of ether oxygens (including phenoxy) is 1. The maximum Gasteiger partial charge on any atom is 0.308 e. The predicted octanol–water partition coefficient (Wildman–Crippen LogP) is 5.90. The third-order valence-electron chi connectivity index (χ3n) is 4.66. The van der Waals surface area contributed by atoms with Crippen molar-refractivity contribution in [2.75, 3.05) is 6.61 Å². The van der Waals surface area contributed by atoms with Crippen LogP contribution in [0.5, 0.6) is 0 Å². The Morgan fingerprint density at radius 3 is 2.80 bits per heavy atom. The molecule has 1 aromatic carbocycles. The van der Waals surface area contributed by atoms with Gasteiger partial charge in [0, 0.05) is 20.3 Å². The molecule has 154 valence electrons. The Balaban J connectivity index is 1.68. The van der Waals surface area contributed by atoms with Crippen LogP contribution in [0.25, 0.3) is 21.0 Å². The zero-order valence-corrected chi connectivity index (χ0v) is 18.8. The monoisotopic (exact) mass is 458 g/mol. The lowest BCUT2D eigenvalue weighted by Crippen LogP contribution is -2.29. The van der Waals surface area contributed by atoms with Gasteiger partial charge in [-0.3, -0.25) is 9.59 Å². The van der Waals surface area contributed by atoms with Crippen molar-refractivity contribution in [3.8, 4) is 0 Å². The van der Waals surface area contributed by atoms with Crippen LogP contribution in [-0.2, 0) is 9.53 Å². The summed E-state index contributed by atoms with van der Waals surface area (Å²) in [6.07, 6.45) is 0.0788. The summed E-state index contributed by atoms with van der Waals surface area (Å²) < 4.78 is 6.00. The SMILES string of the molecule is CCOC(=O)CC(NC(=O)c1cc2c(Cl)nc3ccc(C)cc3c2s1)c1cccs1. The molecule has 0 aliphatic rings. The molecule has 0 fully saturated rings. The van der Waals surface area contributed by atoms with Crippen LogP contribution >= 0.6 is 34.3 Å². The topological polar surface area (TPSA) is 68.3 Å². The maximum absolute atomic E-state index is 13.1. The van der Waals surface area contributed by atoms with Gasteiger partial charge in [-0.1, -0.05) is 29.3 Å². The van der Waals surface area contributed by atoms with Crippen molar-refractivity contribution in [2.45, 2.75) is 26.3 Å². The third-order valence-corrected chi connectivity index (χ3v) is 7.10. The van der Waals surface area contributed by atoms with Crippen LogP contribution in [0, 0.1) is 6.92 Å². The molecule has 4 rings (SSSR count). The molecular weight excluding hydrogens is 440 g/mol. The van der Waals surface area contributed by atoms with Crippen molar-refractivity contribution in [2.24, 2.45) is 0 Å². The number of benzene rings is 1. The van der Waals surface area contributed by atoms with Crippen molar-refractivity contribution in [3.63, 3.8) is 0 Å². The summed E-state index contributed by atoms with van der Waals surface area (Å²) in [7, 11) is 0. The molecule has 1 atom stereocenters. The van der Waals surface area contributed by atoms with Gasteiger partial charge in [-0.15, -0.1) is 22.7 Å².